The topological polar surface area (TPSA) is 17.1 Å². The number of rotatable bonds is 4. The van der Waals surface area contributed by atoms with Crippen LogP contribution in [0.2, 0.25) is 0 Å². The highest BCUT2D eigenvalue weighted by Gasteiger charge is 2.31. The molecule has 1 aromatic rings. The molecule has 1 aliphatic rings. The molecule has 0 radical (unpaired) electrons. The Balaban J connectivity index is 2.02. The Bertz CT molecular complexity index is 490. The van der Waals surface area contributed by atoms with Gasteiger partial charge in [0.1, 0.15) is 0 Å². The van der Waals surface area contributed by atoms with Crippen LogP contribution in [-0.2, 0) is 6.18 Å². The predicted octanol–water partition coefficient (Wildman–Crippen LogP) is 4.87. The van der Waals surface area contributed by atoms with Crippen LogP contribution < -0.4 is 0 Å². The molecule has 0 amide bonds. The molecule has 1 aliphatic carbocycles. The van der Waals surface area contributed by atoms with Gasteiger partial charge in [-0.1, -0.05) is 18.9 Å². The third kappa shape index (κ3) is 3.78. The van der Waals surface area contributed by atoms with Gasteiger partial charge < -0.3 is 0 Å². The second-order valence-corrected chi connectivity index (χ2v) is 6.46. The number of alkyl halides is 3. The van der Waals surface area contributed by atoms with Crippen LogP contribution >= 0.6 is 11.8 Å². The second-order valence-electron chi connectivity index (χ2n) is 5.17. The maximum atomic E-state index is 12.6. The summed E-state index contributed by atoms with van der Waals surface area (Å²) in [5.74, 6) is 0.282. The molecular weight excluding hydrogens is 285 g/mol. The molecule has 0 spiro atoms. The van der Waals surface area contributed by atoms with Gasteiger partial charge in [0.15, 0.2) is 5.78 Å². The molecule has 1 nitrogen and oxygen atoms in total. The highest BCUT2D eigenvalue weighted by molar-refractivity contribution is 8.00. The molecule has 0 heterocycles. The molecule has 0 saturated heterocycles. The lowest BCUT2D eigenvalue weighted by molar-refractivity contribution is -0.137. The second kappa shape index (κ2) is 6.20. The monoisotopic (exact) mass is 302 g/mol. The number of aryl methyl sites for hydroxylation is 1. The van der Waals surface area contributed by atoms with Crippen LogP contribution in [0.15, 0.2) is 18.2 Å². The minimum Gasteiger partial charge on any atom is -0.293 e. The molecule has 0 N–H and O–H groups in total. The van der Waals surface area contributed by atoms with Crippen LogP contribution in [0.4, 0.5) is 13.2 Å². The summed E-state index contributed by atoms with van der Waals surface area (Å²) in [7, 11) is 0. The van der Waals surface area contributed by atoms with Gasteiger partial charge in [-0.25, -0.2) is 0 Å². The van der Waals surface area contributed by atoms with Crippen molar-refractivity contribution < 1.29 is 18.0 Å². The summed E-state index contributed by atoms with van der Waals surface area (Å²) in [5, 5.41) is 0.536. The van der Waals surface area contributed by atoms with Crippen molar-refractivity contribution in [1.82, 2.24) is 0 Å². The Morgan fingerprint density at radius 2 is 1.95 bits per heavy atom. The molecule has 0 bridgehead atoms. The van der Waals surface area contributed by atoms with Gasteiger partial charge in [-0.05, 0) is 37.5 Å². The molecule has 1 saturated carbocycles. The number of carbonyl (C=O) groups excluding carboxylic acids is 1. The zero-order valence-electron chi connectivity index (χ0n) is 11.3. The molecule has 0 aromatic heterocycles. The summed E-state index contributed by atoms with van der Waals surface area (Å²) < 4.78 is 37.7. The standard InChI is InChI=1S/C15H17F3OS/c1-10-8-11(15(16,17)18)6-7-13(10)14(19)9-20-12-4-2-3-5-12/h6-8,12H,2-5,9H2,1H3. The van der Waals surface area contributed by atoms with Crippen LogP contribution in [-0.4, -0.2) is 16.8 Å². The highest BCUT2D eigenvalue weighted by Crippen LogP contribution is 2.32. The van der Waals surface area contributed by atoms with E-state index in [4.69, 9.17) is 0 Å². The number of hydrogen-bond acceptors (Lipinski definition) is 2. The number of hydrogen-bond donors (Lipinski definition) is 0. The SMILES string of the molecule is Cc1cc(C(F)(F)F)ccc1C(=O)CSC1CCCC1. The van der Waals surface area contributed by atoms with Gasteiger partial charge in [0.25, 0.3) is 0 Å². The first-order chi connectivity index (χ1) is 9.38. The number of halogens is 3. The van der Waals surface area contributed by atoms with Gasteiger partial charge in [-0.3, -0.25) is 4.79 Å². The maximum absolute atomic E-state index is 12.6. The van der Waals surface area contributed by atoms with E-state index >= 15 is 0 Å². The molecule has 1 aromatic carbocycles. The first-order valence-electron chi connectivity index (χ1n) is 6.70. The molecule has 5 heteroatoms. The first-order valence-corrected chi connectivity index (χ1v) is 7.75. The smallest absolute Gasteiger partial charge is 0.293 e. The van der Waals surface area contributed by atoms with Gasteiger partial charge in [-0.2, -0.15) is 24.9 Å². The molecule has 0 atom stereocenters. The van der Waals surface area contributed by atoms with Crippen molar-refractivity contribution in [1.29, 1.82) is 0 Å². The van der Waals surface area contributed by atoms with Crippen LogP contribution in [0.1, 0.15) is 47.2 Å². The Morgan fingerprint density at radius 1 is 1.30 bits per heavy atom. The zero-order valence-corrected chi connectivity index (χ0v) is 12.1. The molecule has 1 fully saturated rings. The summed E-state index contributed by atoms with van der Waals surface area (Å²) in [6, 6.07) is 3.34. The Hall–Kier alpha value is -0.970. The van der Waals surface area contributed by atoms with Crippen LogP contribution in [0.5, 0.6) is 0 Å². The Morgan fingerprint density at radius 3 is 2.50 bits per heavy atom. The molecule has 2 rings (SSSR count). The number of Topliss-reactive ketones (excluding diaryl/α,β-unsaturated/α-hetero) is 1. The van der Waals surface area contributed by atoms with Crippen LogP contribution in [0, 0.1) is 6.92 Å². The lowest BCUT2D eigenvalue weighted by atomic mass is 10.0. The molecular formula is C15H17F3OS. The minimum absolute atomic E-state index is 0.0758. The third-order valence-electron chi connectivity index (χ3n) is 3.61. The highest BCUT2D eigenvalue weighted by atomic mass is 32.2. The van der Waals surface area contributed by atoms with Gasteiger partial charge in [-0.15, -0.1) is 0 Å². The van der Waals surface area contributed by atoms with Gasteiger partial charge in [0.05, 0.1) is 11.3 Å². The van der Waals surface area contributed by atoms with E-state index in [0.29, 0.717) is 22.1 Å². The van der Waals surface area contributed by atoms with E-state index in [-0.39, 0.29) is 5.78 Å². The van der Waals surface area contributed by atoms with E-state index in [1.807, 2.05) is 0 Å². The van der Waals surface area contributed by atoms with Crippen LogP contribution in [0.25, 0.3) is 0 Å². The first kappa shape index (κ1) is 15.4. The largest absolute Gasteiger partial charge is 0.416 e. The summed E-state index contributed by atoms with van der Waals surface area (Å²) in [6.07, 6.45) is 0.356. The Labute approximate surface area is 120 Å². The normalized spacial score (nSPS) is 16.6. The van der Waals surface area contributed by atoms with E-state index in [2.05, 4.69) is 0 Å². The average molecular weight is 302 g/mol. The van der Waals surface area contributed by atoms with E-state index in [1.165, 1.54) is 18.9 Å². The van der Waals surface area contributed by atoms with Crippen molar-refractivity contribution in [2.24, 2.45) is 0 Å². The van der Waals surface area contributed by atoms with E-state index in [9.17, 15) is 18.0 Å². The lowest BCUT2D eigenvalue weighted by Crippen LogP contribution is -2.10. The molecule has 110 valence electrons. The fourth-order valence-corrected chi connectivity index (χ4v) is 3.69. The quantitative estimate of drug-likeness (QED) is 0.738. The molecule has 0 unspecified atom stereocenters. The summed E-state index contributed by atoms with van der Waals surface area (Å²) in [6.45, 7) is 1.56. The van der Waals surface area contributed by atoms with Crippen molar-refractivity contribution in [3.8, 4) is 0 Å². The van der Waals surface area contributed by atoms with Gasteiger partial charge in [0, 0.05) is 10.8 Å². The van der Waals surface area contributed by atoms with Gasteiger partial charge in [0.2, 0.25) is 0 Å². The third-order valence-corrected chi connectivity index (χ3v) is 4.98. The van der Waals surface area contributed by atoms with Crippen molar-refractivity contribution in [3.05, 3.63) is 34.9 Å². The van der Waals surface area contributed by atoms with Crippen molar-refractivity contribution in [2.75, 3.05) is 5.75 Å². The van der Waals surface area contributed by atoms with Gasteiger partial charge >= 0.3 is 6.18 Å². The fraction of sp³-hybridized carbons (Fsp3) is 0.533. The number of benzene rings is 1. The fourth-order valence-electron chi connectivity index (χ4n) is 2.48. The summed E-state index contributed by atoms with van der Waals surface area (Å²) in [4.78, 5) is 12.1. The Kier molecular flexibility index (Phi) is 4.78. The summed E-state index contributed by atoms with van der Waals surface area (Å²) in [5.41, 5.74) is 0.107. The average Bonchev–Trinajstić information content (AvgIpc) is 2.87. The number of ketones is 1. The van der Waals surface area contributed by atoms with Crippen molar-refractivity contribution in [2.45, 2.75) is 44.0 Å². The number of thioether (sulfide) groups is 1. The predicted molar refractivity (Wildman–Crippen MR) is 75.2 cm³/mol. The summed E-state index contributed by atoms with van der Waals surface area (Å²) >= 11 is 1.63. The molecule has 0 aliphatic heterocycles. The maximum Gasteiger partial charge on any atom is 0.416 e. The lowest BCUT2D eigenvalue weighted by Gasteiger charge is -2.12. The minimum atomic E-state index is -4.36. The van der Waals surface area contributed by atoms with Crippen LogP contribution in [0.3, 0.4) is 0 Å². The van der Waals surface area contributed by atoms with Crippen molar-refractivity contribution in [3.63, 3.8) is 0 Å². The molecule has 20 heavy (non-hydrogen) atoms. The number of carbonyl (C=O) groups is 1. The van der Waals surface area contributed by atoms with Crippen molar-refractivity contribution >= 4 is 17.5 Å². The zero-order chi connectivity index (χ0) is 14.8. The van der Waals surface area contributed by atoms with E-state index in [1.54, 1.807) is 18.7 Å². The van der Waals surface area contributed by atoms with E-state index < -0.39 is 11.7 Å². The van der Waals surface area contributed by atoms with E-state index in [0.717, 1.165) is 25.0 Å².